The van der Waals surface area contributed by atoms with Crippen LogP contribution < -0.4 is 4.74 Å². The van der Waals surface area contributed by atoms with Gasteiger partial charge in [0.25, 0.3) is 0 Å². The van der Waals surface area contributed by atoms with Gasteiger partial charge in [-0.25, -0.2) is 0 Å². The lowest BCUT2D eigenvalue weighted by molar-refractivity contribution is 0.373. The van der Waals surface area contributed by atoms with Gasteiger partial charge in [-0.3, -0.25) is 0 Å². The fourth-order valence-electron chi connectivity index (χ4n) is 1.49. The highest BCUT2D eigenvalue weighted by Crippen LogP contribution is 2.26. The molecule has 0 saturated carbocycles. The second-order valence-corrected chi connectivity index (χ2v) is 3.59. The summed E-state index contributed by atoms with van der Waals surface area (Å²) in [5.74, 6) is 0.609. The number of methoxy groups -OCH3 is 1. The van der Waals surface area contributed by atoms with E-state index in [1.54, 1.807) is 12.1 Å². The zero-order valence-electron chi connectivity index (χ0n) is 9.55. The highest BCUT2D eigenvalue weighted by Gasteiger charge is 2.00. The predicted octanol–water partition coefficient (Wildman–Crippen LogP) is 3.27. The Morgan fingerprint density at radius 2 is 1.88 bits per heavy atom. The molecule has 2 aromatic rings. The predicted molar refractivity (Wildman–Crippen MR) is 67.9 cm³/mol. The molecule has 1 radical (unpaired) electrons. The monoisotopic (exact) mass is 225 g/mol. The van der Waals surface area contributed by atoms with E-state index in [1.165, 1.54) is 7.11 Å². The number of hydrogen-bond acceptors (Lipinski definition) is 2. The molecule has 0 unspecified atom stereocenters. The van der Waals surface area contributed by atoms with Crippen molar-refractivity contribution < 1.29 is 9.84 Å². The molecule has 2 rings (SSSR count). The summed E-state index contributed by atoms with van der Waals surface area (Å²) < 4.78 is 5.04. The van der Waals surface area contributed by atoms with Crippen molar-refractivity contribution >= 4 is 6.08 Å². The first-order valence-electron chi connectivity index (χ1n) is 5.31. The molecule has 85 valence electrons. The Kier molecular flexibility index (Phi) is 3.46. The number of rotatable bonds is 3. The third-order valence-corrected chi connectivity index (χ3v) is 2.38. The maximum absolute atomic E-state index is 9.46. The van der Waals surface area contributed by atoms with Crippen molar-refractivity contribution in [2.45, 2.75) is 0 Å². The summed E-state index contributed by atoms with van der Waals surface area (Å²) in [7, 11) is 1.53. The van der Waals surface area contributed by atoms with Crippen LogP contribution in [0.5, 0.6) is 11.5 Å². The van der Waals surface area contributed by atoms with Gasteiger partial charge in [0.2, 0.25) is 0 Å². The quantitative estimate of drug-likeness (QED) is 0.812. The molecule has 0 amide bonds. The van der Waals surface area contributed by atoms with Crippen molar-refractivity contribution in [3.63, 3.8) is 0 Å². The van der Waals surface area contributed by atoms with Crippen molar-refractivity contribution in [1.82, 2.24) is 0 Å². The van der Waals surface area contributed by atoms with Crippen molar-refractivity contribution in [3.8, 4) is 11.5 Å². The van der Waals surface area contributed by atoms with Crippen LogP contribution >= 0.6 is 0 Å². The fraction of sp³-hybridized carbons (Fsp3) is 0.0667. The summed E-state index contributed by atoms with van der Waals surface area (Å²) in [5, 5.41) is 9.46. The minimum Gasteiger partial charge on any atom is -0.504 e. The molecule has 0 fully saturated rings. The normalized spacial score (nSPS) is 10.6. The lowest BCUT2D eigenvalue weighted by Crippen LogP contribution is -1.84. The molecular formula is C15H13O2. The topological polar surface area (TPSA) is 29.5 Å². The Labute approximate surface area is 101 Å². The fourth-order valence-corrected chi connectivity index (χ4v) is 1.49. The van der Waals surface area contributed by atoms with Crippen LogP contribution in [-0.4, -0.2) is 12.2 Å². The molecule has 1 N–H and O–H groups in total. The molecule has 0 aliphatic carbocycles. The van der Waals surface area contributed by atoms with E-state index in [-0.39, 0.29) is 5.75 Å². The van der Waals surface area contributed by atoms with Crippen LogP contribution in [0.1, 0.15) is 11.1 Å². The molecule has 2 nitrogen and oxygen atoms in total. The molecule has 0 saturated heterocycles. The van der Waals surface area contributed by atoms with Gasteiger partial charge < -0.3 is 9.84 Å². The van der Waals surface area contributed by atoms with Gasteiger partial charge in [-0.15, -0.1) is 0 Å². The third-order valence-electron chi connectivity index (χ3n) is 2.38. The largest absolute Gasteiger partial charge is 0.504 e. The van der Waals surface area contributed by atoms with E-state index >= 15 is 0 Å². The molecular weight excluding hydrogens is 212 g/mol. The minimum atomic E-state index is 0.143. The number of ether oxygens (including phenoxy) is 1. The maximum atomic E-state index is 9.46. The summed E-state index contributed by atoms with van der Waals surface area (Å²) in [6, 6.07) is 15.1. The van der Waals surface area contributed by atoms with E-state index in [1.807, 2.05) is 42.5 Å². The zero-order valence-corrected chi connectivity index (χ0v) is 9.55. The summed E-state index contributed by atoms with van der Waals surface area (Å²) in [5.41, 5.74) is 1.95. The number of phenolic OH excluding ortho intramolecular Hbond substituents is 1. The number of aromatic hydroxyl groups is 1. The maximum Gasteiger partial charge on any atom is 0.161 e. The molecule has 0 aliphatic heterocycles. The highest BCUT2D eigenvalue weighted by molar-refractivity contribution is 5.56. The summed E-state index contributed by atoms with van der Waals surface area (Å²) in [6.07, 6.45) is 5.03. The molecule has 0 bridgehead atoms. The first kappa shape index (κ1) is 11.3. The second kappa shape index (κ2) is 5.21. The average molecular weight is 225 g/mol. The van der Waals surface area contributed by atoms with Gasteiger partial charge in [-0.05, 0) is 35.4 Å². The third kappa shape index (κ3) is 2.88. The molecule has 2 aromatic carbocycles. The molecule has 0 heterocycles. The number of benzene rings is 2. The first-order chi connectivity index (χ1) is 8.29. The zero-order chi connectivity index (χ0) is 12.1. The van der Waals surface area contributed by atoms with E-state index < -0.39 is 0 Å². The standard InChI is InChI=1S/C15H13O2/c1-17-15-11-13(9-10-14(15)16)8-7-12-5-3-2-4-6-12/h2-6,8-11,16H,1H3. The molecule has 0 atom stereocenters. The molecule has 0 spiro atoms. The minimum absolute atomic E-state index is 0.143. The lowest BCUT2D eigenvalue weighted by atomic mass is 10.1. The highest BCUT2D eigenvalue weighted by atomic mass is 16.5. The van der Waals surface area contributed by atoms with Crippen molar-refractivity contribution in [3.05, 3.63) is 65.7 Å². The van der Waals surface area contributed by atoms with E-state index in [9.17, 15) is 5.11 Å². The van der Waals surface area contributed by atoms with Gasteiger partial charge in [-0.1, -0.05) is 36.4 Å². The van der Waals surface area contributed by atoms with Gasteiger partial charge in [0.1, 0.15) is 0 Å². The van der Waals surface area contributed by atoms with Crippen LogP contribution in [0.25, 0.3) is 6.08 Å². The van der Waals surface area contributed by atoms with E-state index in [2.05, 4.69) is 6.08 Å². The Bertz CT molecular complexity index is 516. The SMILES string of the molecule is COc1cc(C=[C]c2ccccc2)ccc1O. The average Bonchev–Trinajstić information content (AvgIpc) is 2.39. The Balaban J connectivity index is 2.22. The van der Waals surface area contributed by atoms with Gasteiger partial charge in [0.15, 0.2) is 11.5 Å². The molecule has 0 aliphatic rings. The summed E-state index contributed by atoms with van der Waals surface area (Å²) >= 11 is 0. The molecule has 2 heteroatoms. The molecule has 0 aromatic heterocycles. The van der Waals surface area contributed by atoms with Crippen molar-refractivity contribution in [2.75, 3.05) is 7.11 Å². The van der Waals surface area contributed by atoms with Crippen molar-refractivity contribution in [1.29, 1.82) is 0 Å². The van der Waals surface area contributed by atoms with Crippen LogP contribution in [0.15, 0.2) is 48.5 Å². The van der Waals surface area contributed by atoms with Crippen LogP contribution in [-0.2, 0) is 0 Å². The van der Waals surface area contributed by atoms with Gasteiger partial charge in [0, 0.05) is 0 Å². The summed E-state index contributed by atoms with van der Waals surface area (Å²) in [4.78, 5) is 0. The van der Waals surface area contributed by atoms with E-state index in [0.717, 1.165) is 11.1 Å². The first-order valence-corrected chi connectivity index (χ1v) is 5.31. The van der Waals surface area contributed by atoms with Crippen LogP contribution in [0, 0.1) is 6.08 Å². The van der Waals surface area contributed by atoms with Gasteiger partial charge in [-0.2, -0.15) is 0 Å². The Hall–Kier alpha value is -2.22. The molecule has 17 heavy (non-hydrogen) atoms. The van der Waals surface area contributed by atoms with E-state index in [0.29, 0.717) is 5.75 Å². The Morgan fingerprint density at radius 3 is 2.59 bits per heavy atom. The Morgan fingerprint density at radius 1 is 1.12 bits per heavy atom. The van der Waals surface area contributed by atoms with E-state index in [4.69, 9.17) is 4.74 Å². The number of hydrogen-bond donors (Lipinski definition) is 1. The van der Waals surface area contributed by atoms with Crippen LogP contribution in [0.4, 0.5) is 0 Å². The van der Waals surface area contributed by atoms with Crippen LogP contribution in [0.2, 0.25) is 0 Å². The van der Waals surface area contributed by atoms with Crippen LogP contribution in [0.3, 0.4) is 0 Å². The second-order valence-electron chi connectivity index (χ2n) is 3.59. The lowest BCUT2D eigenvalue weighted by Gasteiger charge is -2.03. The van der Waals surface area contributed by atoms with Gasteiger partial charge >= 0.3 is 0 Å². The van der Waals surface area contributed by atoms with Gasteiger partial charge in [0.05, 0.1) is 7.11 Å². The smallest absolute Gasteiger partial charge is 0.161 e. The summed E-state index contributed by atoms with van der Waals surface area (Å²) in [6.45, 7) is 0. The number of phenols is 1. The van der Waals surface area contributed by atoms with Crippen molar-refractivity contribution in [2.24, 2.45) is 0 Å².